The van der Waals surface area contributed by atoms with Crippen LogP contribution in [0.3, 0.4) is 0 Å². The second-order valence-electron chi connectivity index (χ2n) is 5.89. The highest BCUT2D eigenvalue weighted by Gasteiger charge is 2.12. The molecule has 23 heavy (non-hydrogen) atoms. The quantitative estimate of drug-likeness (QED) is 0.388. The van der Waals surface area contributed by atoms with Crippen molar-refractivity contribution in [2.24, 2.45) is 0 Å². The number of carbonyl (C=O) groups is 1. The lowest BCUT2D eigenvalue weighted by atomic mass is 9.90. The van der Waals surface area contributed by atoms with Crippen molar-refractivity contribution in [2.75, 3.05) is 6.61 Å². The molecular weight excluding hydrogens is 284 g/mol. The molecule has 0 saturated carbocycles. The molecule has 0 radical (unpaired) electrons. The summed E-state index contributed by atoms with van der Waals surface area (Å²) in [6.07, 6.45) is 1.14. The van der Waals surface area contributed by atoms with Crippen molar-refractivity contribution >= 4 is 38.3 Å². The lowest BCUT2D eigenvalue weighted by molar-refractivity contribution is -0.143. The van der Waals surface area contributed by atoms with Crippen LogP contribution < -0.4 is 0 Å². The number of benzene rings is 4. The number of rotatable bonds is 4. The van der Waals surface area contributed by atoms with Crippen LogP contribution in [-0.4, -0.2) is 12.6 Å². The fraction of sp³-hybridized carbons (Fsp3) is 0.190. The highest BCUT2D eigenvalue weighted by Crippen LogP contribution is 2.36. The van der Waals surface area contributed by atoms with Gasteiger partial charge in [0.25, 0.3) is 0 Å². The third-order valence-corrected chi connectivity index (χ3v) is 4.50. The summed E-state index contributed by atoms with van der Waals surface area (Å²) >= 11 is 0. The number of ether oxygens (including phenoxy) is 1. The fourth-order valence-corrected chi connectivity index (χ4v) is 3.51. The summed E-state index contributed by atoms with van der Waals surface area (Å²) in [7, 11) is 0. The van der Waals surface area contributed by atoms with E-state index >= 15 is 0 Å². The van der Waals surface area contributed by atoms with Crippen LogP contribution in [0.5, 0.6) is 0 Å². The number of esters is 1. The smallest absolute Gasteiger partial charge is 0.306 e. The summed E-state index contributed by atoms with van der Waals surface area (Å²) in [5.74, 6) is -0.127. The molecule has 0 spiro atoms. The third-order valence-electron chi connectivity index (χ3n) is 4.50. The van der Waals surface area contributed by atoms with Gasteiger partial charge >= 0.3 is 5.97 Å². The van der Waals surface area contributed by atoms with E-state index in [9.17, 15) is 4.79 Å². The second-order valence-corrected chi connectivity index (χ2v) is 5.89. The Labute approximate surface area is 135 Å². The molecule has 0 aromatic heterocycles. The van der Waals surface area contributed by atoms with Crippen molar-refractivity contribution in [1.29, 1.82) is 0 Å². The molecule has 0 amide bonds. The van der Waals surface area contributed by atoms with Crippen LogP contribution in [0.4, 0.5) is 0 Å². The minimum Gasteiger partial charge on any atom is -0.466 e. The minimum absolute atomic E-state index is 0.127. The molecule has 0 fully saturated rings. The van der Waals surface area contributed by atoms with E-state index in [1.165, 1.54) is 37.9 Å². The van der Waals surface area contributed by atoms with Crippen molar-refractivity contribution in [3.8, 4) is 0 Å². The fourth-order valence-electron chi connectivity index (χ4n) is 3.51. The molecule has 0 aliphatic rings. The van der Waals surface area contributed by atoms with Crippen LogP contribution >= 0.6 is 0 Å². The Kier molecular flexibility index (Phi) is 3.38. The van der Waals surface area contributed by atoms with E-state index in [0.717, 1.165) is 0 Å². The molecule has 4 aromatic rings. The van der Waals surface area contributed by atoms with Crippen molar-refractivity contribution in [1.82, 2.24) is 0 Å². The lowest BCUT2D eigenvalue weighted by Gasteiger charge is -2.14. The number of carbonyl (C=O) groups excluding carboxylic acids is 1. The van der Waals surface area contributed by atoms with Crippen molar-refractivity contribution in [2.45, 2.75) is 19.8 Å². The van der Waals surface area contributed by atoms with Gasteiger partial charge in [0.15, 0.2) is 0 Å². The highest BCUT2D eigenvalue weighted by atomic mass is 16.5. The van der Waals surface area contributed by atoms with Crippen molar-refractivity contribution in [3.05, 3.63) is 60.2 Å². The zero-order chi connectivity index (χ0) is 15.8. The summed E-state index contributed by atoms with van der Waals surface area (Å²) in [5, 5.41) is 7.64. The molecule has 0 unspecified atom stereocenters. The molecule has 0 heterocycles. The zero-order valence-electron chi connectivity index (χ0n) is 13.1. The topological polar surface area (TPSA) is 26.3 Å². The Morgan fingerprint density at radius 1 is 0.913 bits per heavy atom. The Morgan fingerprint density at radius 2 is 1.61 bits per heavy atom. The van der Waals surface area contributed by atoms with Gasteiger partial charge in [-0.1, -0.05) is 54.6 Å². The average Bonchev–Trinajstić information content (AvgIpc) is 2.58. The maximum absolute atomic E-state index is 11.7. The van der Waals surface area contributed by atoms with Gasteiger partial charge in [-0.3, -0.25) is 4.79 Å². The first-order chi connectivity index (χ1) is 11.3. The van der Waals surface area contributed by atoms with Gasteiger partial charge in [0.05, 0.1) is 6.61 Å². The minimum atomic E-state index is -0.127. The van der Waals surface area contributed by atoms with Gasteiger partial charge in [0, 0.05) is 6.42 Å². The first-order valence-corrected chi connectivity index (χ1v) is 8.09. The molecular formula is C21H18O2. The first kappa shape index (κ1) is 14.0. The molecule has 0 N–H and O–H groups in total. The SMILES string of the molecule is CCOC(=O)CCc1cc2cccc3ccc4cccc1c4c32. The molecule has 0 aliphatic carbocycles. The average molecular weight is 302 g/mol. The Morgan fingerprint density at radius 3 is 2.39 bits per heavy atom. The number of hydrogen-bond acceptors (Lipinski definition) is 2. The van der Waals surface area contributed by atoms with E-state index in [0.29, 0.717) is 19.4 Å². The molecule has 2 nitrogen and oxygen atoms in total. The number of hydrogen-bond donors (Lipinski definition) is 0. The molecule has 0 aliphatic heterocycles. The van der Waals surface area contributed by atoms with E-state index in [1.54, 1.807) is 0 Å². The molecule has 114 valence electrons. The van der Waals surface area contributed by atoms with Crippen LogP contribution in [0.1, 0.15) is 18.9 Å². The maximum Gasteiger partial charge on any atom is 0.306 e. The Balaban J connectivity index is 1.92. The van der Waals surface area contributed by atoms with E-state index < -0.39 is 0 Å². The normalized spacial score (nSPS) is 11.5. The molecule has 2 heteroatoms. The summed E-state index contributed by atoms with van der Waals surface area (Å²) in [5.41, 5.74) is 1.22. The monoisotopic (exact) mass is 302 g/mol. The van der Waals surface area contributed by atoms with E-state index in [4.69, 9.17) is 4.74 Å². The van der Waals surface area contributed by atoms with E-state index in [1.807, 2.05) is 6.92 Å². The van der Waals surface area contributed by atoms with E-state index in [2.05, 4.69) is 54.6 Å². The van der Waals surface area contributed by atoms with Crippen LogP contribution in [0.25, 0.3) is 32.3 Å². The standard InChI is InChI=1S/C21H18O2/c1-2-23-19(22)12-11-16-13-17-7-3-5-14-9-10-15-6-4-8-18(16)21(15)20(14)17/h3-10,13H,2,11-12H2,1H3. The second kappa shape index (κ2) is 5.54. The summed E-state index contributed by atoms with van der Waals surface area (Å²) < 4.78 is 5.07. The van der Waals surface area contributed by atoms with Gasteiger partial charge in [-0.2, -0.15) is 0 Å². The molecule has 0 bridgehead atoms. The predicted octanol–water partition coefficient (Wildman–Crippen LogP) is 5.08. The Hall–Kier alpha value is -2.61. The molecule has 0 atom stereocenters. The van der Waals surface area contributed by atoms with Gasteiger partial charge in [-0.15, -0.1) is 0 Å². The van der Waals surface area contributed by atoms with Crippen LogP contribution in [0.2, 0.25) is 0 Å². The maximum atomic E-state index is 11.7. The third kappa shape index (κ3) is 2.31. The molecule has 0 saturated heterocycles. The summed E-state index contributed by atoms with van der Waals surface area (Å²) in [4.78, 5) is 11.7. The van der Waals surface area contributed by atoms with Crippen molar-refractivity contribution in [3.63, 3.8) is 0 Å². The van der Waals surface area contributed by atoms with Gasteiger partial charge in [0.2, 0.25) is 0 Å². The summed E-state index contributed by atoms with van der Waals surface area (Å²) in [6.45, 7) is 2.28. The highest BCUT2D eigenvalue weighted by molar-refractivity contribution is 6.23. The van der Waals surface area contributed by atoms with Gasteiger partial charge in [0.1, 0.15) is 0 Å². The largest absolute Gasteiger partial charge is 0.466 e. The van der Waals surface area contributed by atoms with E-state index in [-0.39, 0.29) is 5.97 Å². The Bertz CT molecular complexity index is 1000. The summed E-state index contributed by atoms with van der Waals surface area (Å²) in [6, 6.07) is 19.4. The van der Waals surface area contributed by atoms with Gasteiger partial charge in [-0.05, 0) is 51.2 Å². The van der Waals surface area contributed by atoms with Crippen LogP contribution in [0, 0.1) is 0 Å². The zero-order valence-corrected chi connectivity index (χ0v) is 13.1. The first-order valence-electron chi connectivity index (χ1n) is 8.09. The van der Waals surface area contributed by atoms with Gasteiger partial charge < -0.3 is 4.74 Å². The number of aryl methyl sites for hydroxylation is 1. The molecule has 4 rings (SSSR count). The van der Waals surface area contributed by atoms with Crippen LogP contribution in [-0.2, 0) is 16.0 Å². The van der Waals surface area contributed by atoms with Gasteiger partial charge in [-0.25, -0.2) is 0 Å². The van der Waals surface area contributed by atoms with Crippen molar-refractivity contribution < 1.29 is 9.53 Å². The predicted molar refractivity (Wildman–Crippen MR) is 95.1 cm³/mol. The molecule has 4 aromatic carbocycles. The lowest BCUT2D eigenvalue weighted by Crippen LogP contribution is -2.05. The van der Waals surface area contributed by atoms with Crippen LogP contribution in [0.15, 0.2) is 54.6 Å².